The number of nitrogens with zero attached hydrogens (tertiary/aromatic N) is 1. The molecule has 1 aliphatic rings. The number of Topliss-reactive ketones (excluding diaryl/α,β-unsaturated/α-hetero) is 1. The quantitative estimate of drug-likeness (QED) is 0.658. The fourth-order valence-corrected chi connectivity index (χ4v) is 1.95. The van der Waals surface area contributed by atoms with E-state index >= 15 is 0 Å². The molecule has 0 aromatic carbocycles. The second-order valence-electron chi connectivity index (χ2n) is 3.84. The van der Waals surface area contributed by atoms with Crippen molar-refractivity contribution in [2.75, 3.05) is 0 Å². The van der Waals surface area contributed by atoms with Crippen molar-refractivity contribution in [3.8, 4) is 0 Å². The maximum atomic E-state index is 11.7. The van der Waals surface area contributed by atoms with Crippen molar-refractivity contribution >= 4 is 28.4 Å². The second-order valence-corrected chi connectivity index (χ2v) is 3.84. The second kappa shape index (κ2) is 3.36. The number of pyridine rings is 2. The van der Waals surface area contributed by atoms with Gasteiger partial charge in [0, 0.05) is 24.5 Å². The van der Waals surface area contributed by atoms with Gasteiger partial charge in [0.2, 0.25) is 17.0 Å². The molecule has 0 atom stereocenters. The highest BCUT2D eigenvalue weighted by atomic mass is 16.3. The maximum Gasteiger partial charge on any atom is 0.235 e. The van der Waals surface area contributed by atoms with E-state index in [0.717, 1.165) is 12.3 Å². The lowest BCUT2D eigenvalue weighted by Crippen LogP contribution is -2.20. The molecule has 18 heavy (non-hydrogen) atoms. The van der Waals surface area contributed by atoms with Crippen LogP contribution in [0.3, 0.4) is 0 Å². The van der Waals surface area contributed by atoms with Crippen LogP contribution in [0.1, 0.15) is 15.9 Å². The van der Waals surface area contributed by atoms with E-state index < -0.39 is 11.6 Å². The Morgan fingerprint density at radius 1 is 1.22 bits per heavy atom. The van der Waals surface area contributed by atoms with Gasteiger partial charge >= 0.3 is 0 Å². The number of carbonyl (C=O) groups excluding carboxylic acids is 2. The molecule has 0 unspecified atom stereocenters. The molecule has 0 bridgehead atoms. The number of nitrogens with one attached hydrogen (secondary N) is 1. The van der Waals surface area contributed by atoms with E-state index in [1.54, 1.807) is 0 Å². The largest absolute Gasteiger partial charge is 0.507 e. The Labute approximate surface area is 99.6 Å². The van der Waals surface area contributed by atoms with E-state index in [1.165, 1.54) is 12.3 Å². The molecule has 2 N–H and O–H groups in total. The number of aromatic nitrogens is 2. The minimum atomic E-state index is -0.806. The van der Waals surface area contributed by atoms with Crippen LogP contribution in [0.4, 0.5) is 0 Å². The average molecular weight is 242 g/mol. The first-order chi connectivity index (χ1) is 8.59. The molecular formula is C12H6N2O4. The van der Waals surface area contributed by atoms with Gasteiger partial charge in [0.05, 0.1) is 16.6 Å². The molecule has 0 amide bonds. The average Bonchev–Trinajstić information content (AvgIpc) is 2.35. The Bertz CT molecular complexity index is 801. The minimum Gasteiger partial charge on any atom is -0.507 e. The zero-order chi connectivity index (χ0) is 12.9. The van der Waals surface area contributed by atoms with Crippen LogP contribution >= 0.6 is 0 Å². The number of aliphatic hydroxyl groups excluding tert-OH is 1. The SMILES string of the molecule is O=C1C=C(O)c2c(cnc3c(=O)cc[nH]c23)C1=O. The van der Waals surface area contributed by atoms with E-state index in [0.29, 0.717) is 0 Å². The number of allylic oxidation sites excluding steroid dienone is 1. The Balaban J connectivity index is 2.53. The first-order valence-electron chi connectivity index (χ1n) is 5.09. The molecule has 1 aliphatic carbocycles. The van der Waals surface area contributed by atoms with Crippen LogP contribution < -0.4 is 5.43 Å². The zero-order valence-electron chi connectivity index (χ0n) is 8.93. The third-order valence-corrected chi connectivity index (χ3v) is 2.77. The highest BCUT2D eigenvalue weighted by molar-refractivity contribution is 6.50. The lowest BCUT2D eigenvalue weighted by Gasteiger charge is -2.13. The lowest BCUT2D eigenvalue weighted by atomic mass is 9.94. The van der Waals surface area contributed by atoms with E-state index in [9.17, 15) is 19.5 Å². The van der Waals surface area contributed by atoms with Crippen molar-refractivity contribution in [2.45, 2.75) is 0 Å². The zero-order valence-corrected chi connectivity index (χ0v) is 8.93. The van der Waals surface area contributed by atoms with Gasteiger partial charge in [-0.2, -0.15) is 0 Å². The van der Waals surface area contributed by atoms with Gasteiger partial charge in [0.15, 0.2) is 0 Å². The summed E-state index contributed by atoms with van der Waals surface area (Å²) >= 11 is 0. The van der Waals surface area contributed by atoms with Gasteiger partial charge in [-0.3, -0.25) is 14.4 Å². The van der Waals surface area contributed by atoms with E-state index in [4.69, 9.17) is 0 Å². The van der Waals surface area contributed by atoms with Crippen molar-refractivity contribution in [3.05, 3.63) is 45.9 Å². The topological polar surface area (TPSA) is 100 Å². The Kier molecular flexibility index (Phi) is 1.94. The van der Waals surface area contributed by atoms with Crippen molar-refractivity contribution in [1.82, 2.24) is 9.97 Å². The molecule has 0 aliphatic heterocycles. The number of carbonyl (C=O) groups is 2. The molecule has 2 aromatic rings. The summed E-state index contributed by atoms with van der Waals surface area (Å²) in [4.78, 5) is 41.1. The molecule has 2 aromatic heterocycles. The fraction of sp³-hybridized carbons (Fsp3) is 0. The van der Waals surface area contributed by atoms with Crippen molar-refractivity contribution in [1.29, 1.82) is 0 Å². The lowest BCUT2D eigenvalue weighted by molar-refractivity contribution is -0.111. The van der Waals surface area contributed by atoms with Crippen LogP contribution in [0, 0.1) is 0 Å². The van der Waals surface area contributed by atoms with Crippen molar-refractivity contribution < 1.29 is 14.7 Å². The highest BCUT2D eigenvalue weighted by Crippen LogP contribution is 2.27. The van der Waals surface area contributed by atoms with E-state index in [-0.39, 0.29) is 33.3 Å². The van der Waals surface area contributed by atoms with E-state index in [1.807, 2.05) is 0 Å². The first-order valence-corrected chi connectivity index (χ1v) is 5.09. The number of aliphatic hydroxyl groups is 1. The molecular weight excluding hydrogens is 236 g/mol. The summed E-state index contributed by atoms with van der Waals surface area (Å²) in [6, 6.07) is 1.29. The molecule has 0 saturated heterocycles. The molecule has 6 heteroatoms. The highest BCUT2D eigenvalue weighted by Gasteiger charge is 2.28. The van der Waals surface area contributed by atoms with Crippen LogP contribution in [0.2, 0.25) is 0 Å². The molecule has 6 nitrogen and oxygen atoms in total. The van der Waals surface area contributed by atoms with Gasteiger partial charge < -0.3 is 10.1 Å². The number of aromatic amines is 1. The number of H-pyrrole nitrogens is 1. The summed E-state index contributed by atoms with van der Waals surface area (Å²) in [5.74, 6) is -1.90. The van der Waals surface area contributed by atoms with Crippen LogP contribution in [-0.2, 0) is 4.79 Å². The summed E-state index contributed by atoms with van der Waals surface area (Å²) in [6.45, 7) is 0. The van der Waals surface area contributed by atoms with Gasteiger partial charge in [-0.25, -0.2) is 4.98 Å². The number of hydrogen-bond acceptors (Lipinski definition) is 5. The van der Waals surface area contributed by atoms with Crippen LogP contribution in [0.15, 0.2) is 29.3 Å². The van der Waals surface area contributed by atoms with Crippen LogP contribution in [0.5, 0.6) is 0 Å². The molecule has 0 radical (unpaired) electrons. The first kappa shape index (κ1) is 10.4. The predicted molar refractivity (Wildman–Crippen MR) is 62.3 cm³/mol. The van der Waals surface area contributed by atoms with E-state index in [2.05, 4.69) is 9.97 Å². The monoisotopic (exact) mass is 242 g/mol. The maximum absolute atomic E-state index is 11.7. The number of ketones is 2. The van der Waals surface area contributed by atoms with Crippen LogP contribution in [-0.4, -0.2) is 26.6 Å². The summed E-state index contributed by atoms with van der Waals surface area (Å²) in [5, 5.41) is 9.78. The van der Waals surface area contributed by atoms with Crippen LogP contribution in [0.25, 0.3) is 16.8 Å². The molecule has 2 heterocycles. The van der Waals surface area contributed by atoms with Gasteiger partial charge in [0.1, 0.15) is 11.3 Å². The number of hydrogen-bond donors (Lipinski definition) is 2. The molecule has 3 rings (SSSR count). The number of rotatable bonds is 0. The van der Waals surface area contributed by atoms with Crippen molar-refractivity contribution in [2.24, 2.45) is 0 Å². The molecule has 88 valence electrons. The Hall–Kier alpha value is -2.76. The van der Waals surface area contributed by atoms with Gasteiger partial charge in [-0.15, -0.1) is 0 Å². The third kappa shape index (κ3) is 1.22. The minimum absolute atomic E-state index is 0.00523. The number of fused-ring (bicyclic) bond motifs is 3. The summed E-state index contributed by atoms with van der Waals surface area (Å²) < 4.78 is 0. The van der Waals surface area contributed by atoms with Gasteiger partial charge in [-0.05, 0) is 0 Å². The van der Waals surface area contributed by atoms with Crippen molar-refractivity contribution in [3.63, 3.8) is 0 Å². The molecule has 0 fully saturated rings. The Morgan fingerprint density at radius 3 is 2.78 bits per heavy atom. The smallest absolute Gasteiger partial charge is 0.235 e. The normalized spacial score (nSPS) is 14.6. The summed E-state index contributed by atoms with van der Waals surface area (Å²) in [6.07, 6.45) is 3.37. The summed E-state index contributed by atoms with van der Waals surface area (Å²) in [5.41, 5.74) is 0.160. The third-order valence-electron chi connectivity index (χ3n) is 2.77. The summed E-state index contributed by atoms with van der Waals surface area (Å²) in [7, 11) is 0. The van der Waals surface area contributed by atoms with Gasteiger partial charge in [0.25, 0.3) is 0 Å². The predicted octanol–water partition coefficient (Wildman–Crippen LogP) is 0.587. The standard InChI is InChI=1S/C12H6N2O4/c15-6-1-2-13-11-9-5(4-14-10(6)11)12(18)8(17)3-7(9)16/h1-4,16H,(H,13,15). The molecule has 0 saturated carbocycles. The Morgan fingerprint density at radius 2 is 2.00 bits per heavy atom. The fourth-order valence-electron chi connectivity index (χ4n) is 1.95. The van der Waals surface area contributed by atoms with Gasteiger partial charge in [-0.1, -0.05) is 0 Å². The molecule has 0 spiro atoms.